The minimum Gasteiger partial charge on any atom is -0.328 e. The molecule has 2 N–H and O–H groups in total. The molecule has 132 valence electrons. The number of benzene rings is 1. The summed E-state index contributed by atoms with van der Waals surface area (Å²) in [6, 6.07) is 2.59. The fourth-order valence-corrected chi connectivity index (χ4v) is 4.37. The molecule has 4 nitrogen and oxygen atoms in total. The Morgan fingerprint density at radius 1 is 1.35 bits per heavy atom. The van der Waals surface area contributed by atoms with Gasteiger partial charge in [0.15, 0.2) is 0 Å². The smallest absolute Gasteiger partial charge is 0.328 e. The Morgan fingerprint density at radius 3 is 2.39 bits per heavy atom. The van der Waals surface area contributed by atoms with Gasteiger partial charge in [0.1, 0.15) is 0 Å². The van der Waals surface area contributed by atoms with Crippen molar-refractivity contribution in [1.82, 2.24) is 4.31 Å². The maximum atomic E-state index is 12.7. The molecule has 0 spiro atoms. The van der Waals surface area contributed by atoms with Crippen molar-refractivity contribution in [2.24, 2.45) is 11.7 Å². The molecule has 1 aliphatic heterocycles. The molecule has 0 amide bonds. The molecule has 2 rings (SSSR count). The van der Waals surface area contributed by atoms with E-state index >= 15 is 0 Å². The number of nitrogens with two attached hydrogens (primary N) is 1. The van der Waals surface area contributed by atoms with Crippen LogP contribution in [0.25, 0.3) is 0 Å². The normalized spacial score (nSPS) is 21.0. The molecular weight excluding hydrogens is 353 g/mol. The zero-order chi connectivity index (χ0) is 16.7. The molecule has 0 radical (unpaired) electrons. The molecule has 9 heteroatoms. The average Bonchev–Trinajstić information content (AvgIpc) is 2.87. The highest BCUT2D eigenvalue weighted by atomic mass is 35.5. The van der Waals surface area contributed by atoms with Gasteiger partial charge in [-0.15, -0.1) is 12.4 Å². The molecule has 1 saturated heterocycles. The largest absolute Gasteiger partial charge is 0.416 e. The lowest BCUT2D eigenvalue weighted by atomic mass is 10.0. The number of nitrogens with zero attached hydrogens (tertiary/aromatic N) is 1. The summed E-state index contributed by atoms with van der Waals surface area (Å²) in [5.41, 5.74) is 5.04. The molecule has 1 aromatic carbocycles. The molecule has 0 saturated carbocycles. The molecular formula is C14H20ClF3N2O2S. The molecule has 2 unspecified atom stereocenters. The summed E-state index contributed by atoms with van der Waals surface area (Å²) in [7, 11) is -3.79. The Balaban J connectivity index is 0.00000264. The second kappa shape index (κ2) is 6.96. The molecule has 0 bridgehead atoms. The van der Waals surface area contributed by atoms with E-state index in [-0.39, 0.29) is 34.8 Å². The van der Waals surface area contributed by atoms with Crippen LogP contribution in [-0.2, 0) is 16.2 Å². The van der Waals surface area contributed by atoms with Crippen LogP contribution in [0.2, 0.25) is 0 Å². The minimum absolute atomic E-state index is 0. The van der Waals surface area contributed by atoms with Gasteiger partial charge in [0.2, 0.25) is 10.0 Å². The molecule has 0 aliphatic carbocycles. The summed E-state index contributed by atoms with van der Waals surface area (Å²) < 4.78 is 64.5. The van der Waals surface area contributed by atoms with Crippen molar-refractivity contribution in [2.75, 3.05) is 13.1 Å². The van der Waals surface area contributed by atoms with Crippen LogP contribution < -0.4 is 5.73 Å². The number of alkyl halides is 3. The summed E-state index contributed by atoms with van der Waals surface area (Å²) in [6.45, 7) is 3.85. The molecule has 1 aromatic rings. The van der Waals surface area contributed by atoms with E-state index in [0.717, 1.165) is 18.2 Å². The van der Waals surface area contributed by atoms with E-state index in [2.05, 4.69) is 0 Å². The van der Waals surface area contributed by atoms with E-state index in [1.54, 1.807) is 0 Å². The highest BCUT2D eigenvalue weighted by Crippen LogP contribution is 2.33. The number of hydrogen-bond acceptors (Lipinski definition) is 3. The van der Waals surface area contributed by atoms with Crippen molar-refractivity contribution >= 4 is 22.4 Å². The first kappa shape index (κ1) is 20.2. The third kappa shape index (κ3) is 4.17. The summed E-state index contributed by atoms with van der Waals surface area (Å²) in [4.78, 5) is -0.0779. The van der Waals surface area contributed by atoms with Gasteiger partial charge in [-0.05, 0) is 49.9 Å². The first-order chi connectivity index (χ1) is 10.0. The van der Waals surface area contributed by atoms with E-state index in [1.807, 2.05) is 6.92 Å². The van der Waals surface area contributed by atoms with E-state index < -0.39 is 21.8 Å². The van der Waals surface area contributed by atoms with Gasteiger partial charge < -0.3 is 5.73 Å². The maximum Gasteiger partial charge on any atom is 0.416 e. The standard InChI is InChI=1S/C14H19F3N2O2S.ClH/c1-9-7-12(14(15,16)17)3-4-13(9)22(20,21)19-6-5-11(8-19)10(2)18;/h3-4,7,10-11H,5-6,8,18H2,1-2H3;1H. The molecule has 1 aliphatic rings. The van der Waals surface area contributed by atoms with Gasteiger partial charge in [0, 0.05) is 19.1 Å². The van der Waals surface area contributed by atoms with Crippen LogP contribution in [0.15, 0.2) is 23.1 Å². The fraction of sp³-hybridized carbons (Fsp3) is 0.571. The maximum absolute atomic E-state index is 12.7. The lowest BCUT2D eigenvalue weighted by Crippen LogP contribution is -2.33. The lowest BCUT2D eigenvalue weighted by molar-refractivity contribution is -0.137. The Morgan fingerprint density at radius 2 is 1.96 bits per heavy atom. The third-order valence-corrected chi connectivity index (χ3v) is 6.08. The zero-order valence-electron chi connectivity index (χ0n) is 12.8. The quantitative estimate of drug-likeness (QED) is 0.887. The SMILES string of the molecule is Cc1cc(C(F)(F)F)ccc1S(=O)(=O)N1CCC(C(C)N)C1.Cl. The number of rotatable bonds is 3. The molecule has 1 heterocycles. The highest BCUT2D eigenvalue weighted by Gasteiger charge is 2.36. The topological polar surface area (TPSA) is 63.4 Å². The average molecular weight is 373 g/mol. The van der Waals surface area contributed by atoms with Crippen LogP contribution in [0.5, 0.6) is 0 Å². The second-order valence-electron chi connectivity index (χ2n) is 5.75. The highest BCUT2D eigenvalue weighted by molar-refractivity contribution is 7.89. The van der Waals surface area contributed by atoms with Crippen LogP contribution in [-0.4, -0.2) is 31.9 Å². The van der Waals surface area contributed by atoms with Gasteiger partial charge in [-0.3, -0.25) is 0 Å². The van der Waals surface area contributed by atoms with Gasteiger partial charge >= 0.3 is 6.18 Å². The Kier molecular flexibility index (Phi) is 6.12. The number of aryl methyl sites for hydroxylation is 1. The van der Waals surface area contributed by atoms with E-state index in [0.29, 0.717) is 19.5 Å². The van der Waals surface area contributed by atoms with E-state index in [4.69, 9.17) is 5.73 Å². The molecule has 1 fully saturated rings. The van der Waals surface area contributed by atoms with Crippen LogP contribution in [0.1, 0.15) is 24.5 Å². The van der Waals surface area contributed by atoms with Crippen molar-refractivity contribution in [3.05, 3.63) is 29.3 Å². The second-order valence-corrected chi connectivity index (χ2v) is 7.66. The van der Waals surface area contributed by atoms with Crippen molar-refractivity contribution in [3.63, 3.8) is 0 Å². The predicted molar refractivity (Wildman–Crippen MR) is 83.9 cm³/mol. The van der Waals surface area contributed by atoms with Crippen LogP contribution >= 0.6 is 12.4 Å². The summed E-state index contributed by atoms with van der Waals surface area (Å²) in [5, 5.41) is 0. The number of sulfonamides is 1. The van der Waals surface area contributed by atoms with Crippen LogP contribution in [0.4, 0.5) is 13.2 Å². The van der Waals surface area contributed by atoms with Crippen LogP contribution in [0, 0.1) is 12.8 Å². The fourth-order valence-electron chi connectivity index (χ4n) is 2.66. The van der Waals surface area contributed by atoms with E-state index in [1.165, 1.54) is 11.2 Å². The van der Waals surface area contributed by atoms with Crippen molar-refractivity contribution in [2.45, 2.75) is 37.4 Å². The summed E-state index contributed by atoms with van der Waals surface area (Å²) >= 11 is 0. The number of halogens is 4. The van der Waals surface area contributed by atoms with Crippen molar-refractivity contribution in [1.29, 1.82) is 0 Å². The first-order valence-corrected chi connectivity index (χ1v) is 8.41. The molecule has 23 heavy (non-hydrogen) atoms. The Bertz CT molecular complexity index is 662. The Hall–Kier alpha value is -0.830. The molecule has 0 aromatic heterocycles. The summed E-state index contributed by atoms with van der Waals surface area (Å²) in [6.07, 6.45) is -3.82. The van der Waals surface area contributed by atoms with Gasteiger partial charge in [-0.25, -0.2) is 8.42 Å². The van der Waals surface area contributed by atoms with E-state index in [9.17, 15) is 21.6 Å². The number of hydrogen-bond donors (Lipinski definition) is 1. The minimum atomic E-state index is -4.49. The monoisotopic (exact) mass is 372 g/mol. The zero-order valence-corrected chi connectivity index (χ0v) is 14.4. The van der Waals surface area contributed by atoms with Gasteiger partial charge in [-0.1, -0.05) is 0 Å². The predicted octanol–water partition coefficient (Wildman–Crippen LogP) is 2.79. The molecule has 2 atom stereocenters. The van der Waals surface area contributed by atoms with Gasteiger partial charge in [0.25, 0.3) is 0 Å². The first-order valence-electron chi connectivity index (χ1n) is 6.97. The van der Waals surface area contributed by atoms with Crippen LogP contribution in [0.3, 0.4) is 0 Å². The summed E-state index contributed by atoms with van der Waals surface area (Å²) in [5.74, 6) is 0.0736. The Labute approximate surface area is 140 Å². The van der Waals surface area contributed by atoms with Crippen molar-refractivity contribution in [3.8, 4) is 0 Å². The van der Waals surface area contributed by atoms with Gasteiger partial charge in [-0.2, -0.15) is 17.5 Å². The lowest BCUT2D eigenvalue weighted by Gasteiger charge is -2.20. The van der Waals surface area contributed by atoms with Crippen molar-refractivity contribution < 1.29 is 21.6 Å². The third-order valence-electron chi connectivity index (χ3n) is 4.05. The van der Waals surface area contributed by atoms with Gasteiger partial charge in [0.05, 0.1) is 10.5 Å².